The predicted octanol–water partition coefficient (Wildman–Crippen LogP) is 4.64. The first-order chi connectivity index (χ1) is 14.1. The molecule has 3 rings (SSSR count). The number of rotatable bonds is 9. The monoisotopic (exact) mass is 411 g/mol. The maximum atomic E-state index is 14.6. The average molecular weight is 411 g/mol. The van der Waals surface area contributed by atoms with Crippen LogP contribution in [0.3, 0.4) is 0 Å². The molecule has 0 aromatic heterocycles. The average Bonchev–Trinajstić information content (AvgIpc) is 2.74. The molecule has 0 radical (unpaired) electrons. The van der Waals surface area contributed by atoms with Gasteiger partial charge in [-0.1, -0.05) is 66.7 Å². The Kier molecular flexibility index (Phi) is 7.27. The summed E-state index contributed by atoms with van der Waals surface area (Å²) in [5, 5.41) is 8.67. The van der Waals surface area contributed by atoms with Crippen LogP contribution in [-0.4, -0.2) is 22.9 Å². The van der Waals surface area contributed by atoms with Gasteiger partial charge < -0.3 is 15.6 Å². The zero-order valence-corrected chi connectivity index (χ0v) is 16.5. The Bertz CT molecular complexity index is 952. The van der Waals surface area contributed by atoms with Crippen LogP contribution < -0.4 is 10.5 Å². The number of para-hydroxylation sites is 1. The second-order valence-corrected chi connectivity index (χ2v) is 7.63. The smallest absolute Gasteiger partial charge is 0.321 e. The van der Waals surface area contributed by atoms with Gasteiger partial charge in [0.25, 0.3) is 0 Å². The summed E-state index contributed by atoms with van der Waals surface area (Å²) in [5.41, 5.74) is 7.94. The van der Waals surface area contributed by atoms with Crippen molar-refractivity contribution in [3.8, 4) is 5.75 Å². The first kappa shape index (κ1) is 20.9. The summed E-state index contributed by atoms with van der Waals surface area (Å²) in [4.78, 5) is 11.1. The molecule has 0 aliphatic rings. The fourth-order valence-corrected chi connectivity index (χ4v) is 4.16. The Morgan fingerprint density at radius 3 is 2.28 bits per heavy atom. The number of benzene rings is 3. The molecule has 3 aromatic carbocycles. The lowest BCUT2D eigenvalue weighted by Crippen LogP contribution is -2.32. The number of aliphatic carboxylic acids is 1. The van der Waals surface area contributed by atoms with Crippen LogP contribution >= 0.6 is 11.8 Å². The van der Waals surface area contributed by atoms with Crippen LogP contribution in [-0.2, 0) is 11.4 Å². The molecule has 29 heavy (non-hydrogen) atoms. The van der Waals surface area contributed by atoms with Gasteiger partial charge in [0.2, 0.25) is 0 Å². The maximum absolute atomic E-state index is 14.6. The number of carboxylic acid groups (broad SMARTS) is 1. The van der Waals surface area contributed by atoms with E-state index in [1.807, 2.05) is 54.6 Å². The van der Waals surface area contributed by atoms with Crippen LogP contribution in [0.5, 0.6) is 5.75 Å². The molecule has 0 bridgehead atoms. The Morgan fingerprint density at radius 1 is 0.966 bits per heavy atom. The summed E-state index contributed by atoms with van der Waals surface area (Å²) in [7, 11) is 0. The summed E-state index contributed by atoms with van der Waals surface area (Å²) in [6, 6.07) is 22.6. The van der Waals surface area contributed by atoms with E-state index in [0.29, 0.717) is 17.9 Å². The highest BCUT2D eigenvalue weighted by Gasteiger charge is 2.24. The molecule has 3 aromatic rings. The molecule has 2 unspecified atom stereocenters. The zero-order chi connectivity index (χ0) is 20.6. The Hall–Kier alpha value is -2.83. The summed E-state index contributed by atoms with van der Waals surface area (Å²) in [6.07, 6.45) is 0. The third-order valence-corrected chi connectivity index (χ3v) is 5.78. The minimum absolute atomic E-state index is 0.140. The summed E-state index contributed by atoms with van der Waals surface area (Å²) < 4.78 is 20.6. The Labute approximate surface area is 173 Å². The molecule has 3 N–H and O–H groups in total. The molecule has 4 nitrogen and oxygen atoms in total. The lowest BCUT2D eigenvalue weighted by atomic mass is 10.0. The largest absolute Gasteiger partial charge is 0.489 e. The third kappa shape index (κ3) is 5.59. The van der Waals surface area contributed by atoms with Crippen molar-refractivity contribution >= 4 is 17.7 Å². The second-order valence-electron chi connectivity index (χ2n) is 6.49. The number of carboxylic acids is 1. The van der Waals surface area contributed by atoms with Crippen molar-refractivity contribution in [1.82, 2.24) is 0 Å². The van der Waals surface area contributed by atoms with Gasteiger partial charge in [0.15, 0.2) is 0 Å². The van der Waals surface area contributed by atoms with Crippen molar-refractivity contribution in [1.29, 1.82) is 0 Å². The third-order valence-electron chi connectivity index (χ3n) is 4.39. The van der Waals surface area contributed by atoms with Crippen molar-refractivity contribution in [2.24, 2.45) is 5.73 Å². The van der Waals surface area contributed by atoms with Gasteiger partial charge in [-0.3, -0.25) is 4.79 Å². The van der Waals surface area contributed by atoms with E-state index < -0.39 is 17.3 Å². The maximum Gasteiger partial charge on any atom is 0.321 e. The van der Waals surface area contributed by atoms with Crippen molar-refractivity contribution in [3.05, 3.63) is 101 Å². The van der Waals surface area contributed by atoms with Gasteiger partial charge in [-0.2, -0.15) is 0 Å². The molecule has 0 aliphatic heterocycles. The van der Waals surface area contributed by atoms with Crippen LogP contribution in [0.15, 0.2) is 78.9 Å². The number of thioether (sulfide) groups is 1. The molecule has 2 atom stereocenters. The molecule has 0 saturated carbocycles. The van der Waals surface area contributed by atoms with E-state index in [4.69, 9.17) is 15.6 Å². The van der Waals surface area contributed by atoms with Gasteiger partial charge in [0.1, 0.15) is 24.2 Å². The standard InChI is InChI=1S/C23H22FNO3S/c24-19-12-6-4-10-17(19)22(29-15-20(25)23(26)27)18-11-5-7-13-21(18)28-14-16-8-2-1-3-9-16/h1-13,20,22H,14-15,25H2,(H,26,27). The molecule has 150 valence electrons. The fourth-order valence-electron chi connectivity index (χ4n) is 2.87. The number of halogens is 1. The van der Waals surface area contributed by atoms with E-state index in [2.05, 4.69) is 0 Å². The van der Waals surface area contributed by atoms with Crippen LogP contribution in [0.4, 0.5) is 4.39 Å². The molecule has 0 heterocycles. The summed E-state index contributed by atoms with van der Waals surface area (Å²) >= 11 is 1.29. The quantitative estimate of drug-likeness (QED) is 0.537. The van der Waals surface area contributed by atoms with Gasteiger partial charge in [0, 0.05) is 16.9 Å². The number of ether oxygens (including phenoxy) is 1. The molecular weight excluding hydrogens is 389 g/mol. The van der Waals surface area contributed by atoms with Crippen LogP contribution in [0.1, 0.15) is 21.9 Å². The number of nitrogens with two attached hydrogens (primary N) is 1. The minimum atomic E-state index is -1.08. The Morgan fingerprint density at radius 2 is 1.59 bits per heavy atom. The molecule has 0 amide bonds. The van der Waals surface area contributed by atoms with Crippen molar-refractivity contribution in [2.75, 3.05) is 5.75 Å². The van der Waals surface area contributed by atoms with Crippen molar-refractivity contribution in [2.45, 2.75) is 17.9 Å². The van der Waals surface area contributed by atoms with E-state index in [1.165, 1.54) is 17.8 Å². The van der Waals surface area contributed by atoms with Crippen LogP contribution in [0, 0.1) is 5.82 Å². The summed E-state index contributed by atoms with van der Waals surface area (Å²) in [6.45, 7) is 0.376. The highest BCUT2D eigenvalue weighted by atomic mass is 32.2. The van der Waals surface area contributed by atoms with Crippen molar-refractivity contribution in [3.63, 3.8) is 0 Å². The molecule has 0 spiro atoms. The number of hydrogen-bond donors (Lipinski definition) is 2. The van der Waals surface area contributed by atoms with Gasteiger partial charge in [-0.05, 0) is 17.7 Å². The molecular formula is C23H22FNO3S. The fraction of sp³-hybridized carbons (Fsp3) is 0.174. The first-order valence-electron chi connectivity index (χ1n) is 9.16. The van der Waals surface area contributed by atoms with Gasteiger partial charge in [0.05, 0.1) is 5.25 Å². The van der Waals surface area contributed by atoms with E-state index in [9.17, 15) is 9.18 Å². The van der Waals surface area contributed by atoms with E-state index in [0.717, 1.165) is 11.1 Å². The lowest BCUT2D eigenvalue weighted by molar-refractivity contribution is -0.137. The molecule has 0 saturated heterocycles. The molecule has 6 heteroatoms. The van der Waals surface area contributed by atoms with E-state index in [1.54, 1.807) is 18.2 Å². The number of carbonyl (C=O) groups is 1. The van der Waals surface area contributed by atoms with E-state index >= 15 is 0 Å². The van der Waals surface area contributed by atoms with Crippen molar-refractivity contribution < 1.29 is 19.0 Å². The van der Waals surface area contributed by atoms with Gasteiger partial charge in [-0.15, -0.1) is 11.8 Å². The SMILES string of the molecule is NC(CSC(c1ccccc1F)c1ccccc1OCc1ccccc1)C(=O)O. The van der Waals surface area contributed by atoms with Gasteiger partial charge >= 0.3 is 5.97 Å². The van der Waals surface area contributed by atoms with Crippen LogP contribution in [0.2, 0.25) is 0 Å². The predicted molar refractivity (Wildman–Crippen MR) is 114 cm³/mol. The normalized spacial score (nSPS) is 12.9. The number of hydrogen-bond acceptors (Lipinski definition) is 4. The minimum Gasteiger partial charge on any atom is -0.489 e. The first-order valence-corrected chi connectivity index (χ1v) is 10.2. The highest BCUT2D eigenvalue weighted by molar-refractivity contribution is 7.99. The highest BCUT2D eigenvalue weighted by Crippen LogP contribution is 2.41. The second kappa shape index (κ2) is 10.1. The van der Waals surface area contributed by atoms with E-state index in [-0.39, 0.29) is 11.6 Å². The summed E-state index contributed by atoms with van der Waals surface area (Å²) in [5.74, 6) is -0.674. The zero-order valence-electron chi connectivity index (χ0n) is 15.7. The lowest BCUT2D eigenvalue weighted by Gasteiger charge is -2.22. The molecule has 0 fully saturated rings. The Balaban J connectivity index is 1.90. The van der Waals surface area contributed by atoms with Gasteiger partial charge in [-0.25, -0.2) is 4.39 Å². The van der Waals surface area contributed by atoms with Crippen LogP contribution in [0.25, 0.3) is 0 Å². The molecule has 0 aliphatic carbocycles. The topological polar surface area (TPSA) is 72.5 Å².